The van der Waals surface area contributed by atoms with Gasteiger partial charge < -0.3 is 9.13 Å². The van der Waals surface area contributed by atoms with E-state index >= 15 is 0 Å². The zero-order chi connectivity index (χ0) is 32.5. The van der Waals surface area contributed by atoms with Gasteiger partial charge in [-0.05, 0) is 97.0 Å². The minimum Gasteiger partial charge on any atom is -0.309 e. The van der Waals surface area contributed by atoms with Crippen LogP contribution in [0.5, 0.6) is 0 Å². The molecule has 1 aliphatic carbocycles. The van der Waals surface area contributed by atoms with Gasteiger partial charge >= 0.3 is 0 Å². The van der Waals surface area contributed by atoms with Crippen LogP contribution in [0.2, 0.25) is 0 Å². The number of hydrogen-bond acceptors (Lipinski definition) is 0. The number of benzene rings is 9. The van der Waals surface area contributed by atoms with Gasteiger partial charge in [0.1, 0.15) is 0 Å². The Hall–Kier alpha value is -6.64. The summed E-state index contributed by atoms with van der Waals surface area (Å²) in [6.07, 6.45) is 0. The first-order valence-electron chi connectivity index (χ1n) is 17.4. The van der Waals surface area contributed by atoms with Crippen LogP contribution in [0.3, 0.4) is 0 Å². The molecular formula is C48H28N2. The summed E-state index contributed by atoms with van der Waals surface area (Å²) >= 11 is 0. The van der Waals surface area contributed by atoms with Crippen LogP contribution < -0.4 is 0 Å². The molecule has 1 aliphatic rings. The fourth-order valence-corrected chi connectivity index (χ4v) is 9.12. The van der Waals surface area contributed by atoms with E-state index in [1.807, 2.05) is 0 Å². The molecular weight excluding hydrogens is 605 g/mol. The molecule has 0 bridgehead atoms. The van der Waals surface area contributed by atoms with E-state index in [4.69, 9.17) is 0 Å². The maximum Gasteiger partial charge on any atom is 0.0641 e. The second kappa shape index (κ2) is 9.49. The molecule has 0 fully saturated rings. The highest BCUT2D eigenvalue weighted by Crippen LogP contribution is 2.50. The molecule has 2 nitrogen and oxygen atoms in total. The van der Waals surface area contributed by atoms with Gasteiger partial charge in [0, 0.05) is 32.9 Å². The number of aromatic nitrogens is 2. The predicted octanol–water partition coefficient (Wildman–Crippen LogP) is 13.0. The number of hydrogen-bond donors (Lipinski definition) is 0. The lowest BCUT2D eigenvalue weighted by Gasteiger charge is -2.13. The van der Waals surface area contributed by atoms with Crippen molar-refractivity contribution in [1.29, 1.82) is 0 Å². The molecule has 50 heavy (non-hydrogen) atoms. The Kier molecular flexibility index (Phi) is 5.00. The maximum atomic E-state index is 2.56. The molecule has 2 heteroatoms. The Bertz CT molecular complexity index is 3260. The standard InChI is InChI=1S/C48H28N2/c1-2-12-31-26-33(22-20-29(31)10-1)49-42-19-8-7-17-39(42)47-44(49)25-23-40-46-35-14-4-3-11-30(35)21-24-43(46)50(48(40)47)34-27-32-13-9-18-38-36-15-5-6-16-37(36)41(28-34)45(32)38/h1-28H. The van der Waals surface area contributed by atoms with Crippen molar-refractivity contribution in [3.05, 3.63) is 170 Å². The summed E-state index contributed by atoms with van der Waals surface area (Å²) in [4.78, 5) is 0. The zero-order valence-corrected chi connectivity index (χ0v) is 27.1. The lowest BCUT2D eigenvalue weighted by atomic mass is 10.0. The van der Waals surface area contributed by atoms with E-state index in [1.54, 1.807) is 0 Å². The number of fused-ring (bicyclic) bond motifs is 13. The van der Waals surface area contributed by atoms with Crippen molar-refractivity contribution in [1.82, 2.24) is 9.13 Å². The van der Waals surface area contributed by atoms with Crippen molar-refractivity contribution in [3.63, 3.8) is 0 Å². The van der Waals surface area contributed by atoms with E-state index in [0.29, 0.717) is 0 Å². The molecule has 0 spiro atoms. The van der Waals surface area contributed by atoms with Gasteiger partial charge in [0.15, 0.2) is 0 Å². The smallest absolute Gasteiger partial charge is 0.0641 e. The normalized spacial score (nSPS) is 12.4. The summed E-state index contributed by atoms with van der Waals surface area (Å²) in [5, 5.41) is 12.8. The van der Waals surface area contributed by atoms with Crippen LogP contribution in [-0.4, -0.2) is 9.13 Å². The van der Waals surface area contributed by atoms with Crippen molar-refractivity contribution in [2.24, 2.45) is 0 Å². The Morgan fingerprint density at radius 3 is 1.82 bits per heavy atom. The molecule has 0 saturated carbocycles. The van der Waals surface area contributed by atoms with Gasteiger partial charge in [-0.15, -0.1) is 0 Å². The first-order chi connectivity index (χ1) is 24.8. The van der Waals surface area contributed by atoms with Gasteiger partial charge in [-0.3, -0.25) is 0 Å². The molecule has 9 aromatic carbocycles. The average molecular weight is 633 g/mol. The monoisotopic (exact) mass is 632 g/mol. The largest absolute Gasteiger partial charge is 0.309 e. The SMILES string of the molecule is c1ccc2c(c1)-c1cccc3cc(-n4c5ccc6ccccc6c5c5ccc6c(c7ccccc7n6-c6ccc7ccccc7c6)c54)cc-2c13. The predicted molar refractivity (Wildman–Crippen MR) is 212 cm³/mol. The zero-order valence-electron chi connectivity index (χ0n) is 27.1. The van der Waals surface area contributed by atoms with E-state index in [0.717, 1.165) is 0 Å². The lowest BCUT2D eigenvalue weighted by molar-refractivity contribution is 1.18. The molecule has 2 aromatic heterocycles. The second-order valence-electron chi connectivity index (χ2n) is 13.7. The molecule has 0 unspecified atom stereocenters. The minimum atomic E-state index is 1.17. The summed E-state index contributed by atoms with van der Waals surface area (Å²) in [5.74, 6) is 0. The third-order valence-electron chi connectivity index (χ3n) is 11.2. The van der Waals surface area contributed by atoms with Crippen LogP contribution >= 0.6 is 0 Å². The van der Waals surface area contributed by atoms with E-state index in [1.165, 1.54) is 110 Å². The Labute approximate surface area is 287 Å². The Morgan fingerprint density at radius 2 is 0.920 bits per heavy atom. The third-order valence-corrected chi connectivity index (χ3v) is 11.2. The highest BCUT2D eigenvalue weighted by Gasteiger charge is 2.25. The first-order valence-corrected chi connectivity index (χ1v) is 17.4. The highest BCUT2D eigenvalue weighted by molar-refractivity contribution is 6.30. The summed E-state index contributed by atoms with van der Waals surface area (Å²) < 4.78 is 5.01. The van der Waals surface area contributed by atoms with Gasteiger partial charge in [-0.25, -0.2) is 0 Å². The lowest BCUT2D eigenvalue weighted by Crippen LogP contribution is -1.96. The number of para-hydroxylation sites is 1. The van der Waals surface area contributed by atoms with Crippen molar-refractivity contribution < 1.29 is 0 Å². The molecule has 12 rings (SSSR count). The van der Waals surface area contributed by atoms with Gasteiger partial charge in [-0.1, -0.05) is 127 Å². The van der Waals surface area contributed by atoms with E-state index in [2.05, 4.69) is 179 Å². The maximum absolute atomic E-state index is 2.56. The van der Waals surface area contributed by atoms with Crippen molar-refractivity contribution in [2.75, 3.05) is 0 Å². The third kappa shape index (κ3) is 3.32. The van der Waals surface area contributed by atoms with Crippen LogP contribution in [0.15, 0.2) is 170 Å². The summed E-state index contributed by atoms with van der Waals surface area (Å²) in [5.41, 5.74) is 12.5. The summed E-state index contributed by atoms with van der Waals surface area (Å²) in [6.45, 7) is 0. The molecule has 0 atom stereocenters. The van der Waals surface area contributed by atoms with Crippen LogP contribution in [-0.2, 0) is 0 Å². The second-order valence-corrected chi connectivity index (χ2v) is 13.7. The van der Waals surface area contributed by atoms with Crippen LogP contribution in [0.1, 0.15) is 0 Å². The molecule has 0 radical (unpaired) electrons. The number of rotatable bonds is 2. The minimum absolute atomic E-state index is 1.17. The van der Waals surface area contributed by atoms with Crippen molar-refractivity contribution in [3.8, 4) is 33.6 Å². The van der Waals surface area contributed by atoms with Gasteiger partial charge in [-0.2, -0.15) is 0 Å². The molecule has 0 aliphatic heterocycles. The van der Waals surface area contributed by atoms with Gasteiger partial charge in [0.25, 0.3) is 0 Å². The van der Waals surface area contributed by atoms with Crippen LogP contribution in [0.25, 0.3) is 110 Å². The number of nitrogens with zero attached hydrogens (tertiary/aromatic N) is 2. The summed E-state index contributed by atoms with van der Waals surface area (Å²) in [6, 6.07) is 63.0. The quantitative estimate of drug-likeness (QED) is 0.179. The molecule has 0 amide bonds. The Balaban J connectivity index is 1.28. The van der Waals surface area contributed by atoms with E-state index in [-0.39, 0.29) is 0 Å². The topological polar surface area (TPSA) is 9.86 Å². The van der Waals surface area contributed by atoms with E-state index < -0.39 is 0 Å². The Morgan fingerprint density at radius 1 is 0.280 bits per heavy atom. The fourth-order valence-electron chi connectivity index (χ4n) is 9.12. The molecule has 11 aromatic rings. The molecule has 0 saturated heterocycles. The molecule has 0 N–H and O–H groups in total. The highest BCUT2D eigenvalue weighted by atomic mass is 15.0. The van der Waals surface area contributed by atoms with E-state index in [9.17, 15) is 0 Å². The molecule has 2 heterocycles. The van der Waals surface area contributed by atoms with Crippen molar-refractivity contribution in [2.45, 2.75) is 0 Å². The van der Waals surface area contributed by atoms with Crippen LogP contribution in [0.4, 0.5) is 0 Å². The van der Waals surface area contributed by atoms with Gasteiger partial charge in [0.2, 0.25) is 0 Å². The van der Waals surface area contributed by atoms with Crippen molar-refractivity contribution >= 4 is 75.9 Å². The fraction of sp³-hybridized carbons (Fsp3) is 0. The average Bonchev–Trinajstić information content (AvgIpc) is 3.81. The van der Waals surface area contributed by atoms with Crippen LogP contribution in [0, 0.1) is 0 Å². The van der Waals surface area contributed by atoms with Gasteiger partial charge in [0.05, 0.1) is 22.1 Å². The first kappa shape index (κ1) is 26.3. The summed E-state index contributed by atoms with van der Waals surface area (Å²) in [7, 11) is 0. The molecule has 230 valence electrons.